The van der Waals surface area contributed by atoms with Crippen LogP contribution in [0.4, 0.5) is 0 Å². The Morgan fingerprint density at radius 3 is 2.81 bits per heavy atom. The Kier molecular flexibility index (Phi) is 4.70. The lowest BCUT2D eigenvalue weighted by Crippen LogP contribution is -2.17. The van der Waals surface area contributed by atoms with Crippen molar-refractivity contribution in [3.8, 4) is 11.5 Å². The average molecular weight is 389 g/mol. The number of ether oxygens (including phenoxy) is 2. The van der Waals surface area contributed by atoms with Crippen molar-refractivity contribution in [2.75, 3.05) is 13.2 Å². The van der Waals surface area contributed by atoms with E-state index >= 15 is 0 Å². The van der Waals surface area contributed by atoms with Gasteiger partial charge in [0, 0.05) is 17.1 Å². The molecule has 0 fully saturated rings. The normalized spacial score (nSPS) is 14.0. The van der Waals surface area contributed by atoms with Crippen molar-refractivity contribution >= 4 is 39.1 Å². The maximum atomic E-state index is 12.7. The van der Waals surface area contributed by atoms with E-state index < -0.39 is 0 Å². The highest BCUT2D eigenvalue weighted by molar-refractivity contribution is 7.16. The minimum atomic E-state index is -0.301. The van der Waals surface area contributed by atoms with Gasteiger partial charge in [-0.3, -0.25) is 4.79 Å². The summed E-state index contributed by atoms with van der Waals surface area (Å²) in [6, 6.07) is 10.9. The molecule has 1 aliphatic heterocycles. The molecule has 0 aliphatic carbocycles. The Balaban J connectivity index is 1.77. The molecule has 1 aliphatic rings. The van der Waals surface area contributed by atoms with Crippen LogP contribution >= 0.6 is 22.9 Å². The molecule has 1 aromatic heterocycles. The number of aromatic nitrogens is 1. The standard InChI is InChI=1S/C19H17ClN2O3S/c1-2-7-22-14-5-4-13(20)11-17(14)26-19(22)21-18(23)12-3-6-15-16(10-12)25-9-8-24-15/h3-6,10-11H,2,7-9H2,1H3. The third-order valence-corrected chi connectivity index (χ3v) is 5.35. The van der Waals surface area contributed by atoms with E-state index in [4.69, 9.17) is 21.1 Å². The minimum Gasteiger partial charge on any atom is -0.486 e. The van der Waals surface area contributed by atoms with Crippen molar-refractivity contribution in [3.63, 3.8) is 0 Å². The van der Waals surface area contributed by atoms with Crippen LogP contribution in [0.3, 0.4) is 0 Å². The molecule has 2 heterocycles. The summed E-state index contributed by atoms with van der Waals surface area (Å²) in [4.78, 5) is 17.7. The molecule has 26 heavy (non-hydrogen) atoms. The van der Waals surface area contributed by atoms with Gasteiger partial charge in [-0.25, -0.2) is 0 Å². The molecule has 0 atom stereocenters. The van der Waals surface area contributed by atoms with Gasteiger partial charge >= 0.3 is 0 Å². The summed E-state index contributed by atoms with van der Waals surface area (Å²) >= 11 is 7.57. The molecule has 0 N–H and O–H groups in total. The second-order valence-electron chi connectivity index (χ2n) is 5.92. The van der Waals surface area contributed by atoms with E-state index in [-0.39, 0.29) is 5.91 Å². The topological polar surface area (TPSA) is 52.8 Å². The van der Waals surface area contributed by atoms with E-state index in [1.807, 2.05) is 18.2 Å². The third-order valence-electron chi connectivity index (χ3n) is 4.08. The van der Waals surface area contributed by atoms with Crippen LogP contribution in [-0.2, 0) is 6.54 Å². The van der Waals surface area contributed by atoms with Gasteiger partial charge in [-0.05, 0) is 42.8 Å². The van der Waals surface area contributed by atoms with Crippen molar-refractivity contribution in [3.05, 3.63) is 51.8 Å². The highest BCUT2D eigenvalue weighted by atomic mass is 35.5. The van der Waals surface area contributed by atoms with Gasteiger partial charge in [0.15, 0.2) is 16.3 Å². The van der Waals surface area contributed by atoms with Gasteiger partial charge in [-0.1, -0.05) is 29.9 Å². The number of aryl methyl sites for hydroxylation is 1. The molecule has 0 spiro atoms. The van der Waals surface area contributed by atoms with Gasteiger partial charge in [0.25, 0.3) is 5.91 Å². The fourth-order valence-corrected chi connectivity index (χ4v) is 4.23. The number of nitrogens with zero attached hydrogens (tertiary/aromatic N) is 2. The number of amides is 1. The number of halogens is 1. The Morgan fingerprint density at radius 2 is 2.00 bits per heavy atom. The number of hydrogen-bond acceptors (Lipinski definition) is 4. The molecule has 4 rings (SSSR count). The number of rotatable bonds is 3. The molecule has 134 valence electrons. The molecule has 2 aromatic carbocycles. The third kappa shape index (κ3) is 3.22. The summed E-state index contributed by atoms with van der Waals surface area (Å²) < 4.78 is 14.1. The molecule has 3 aromatic rings. The van der Waals surface area contributed by atoms with Gasteiger partial charge in [0.05, 0.1) is 10.2 Å². The zero-order chi connectivity index (χ0) is 18.1. The van der Waals surface area contributed by atoms with Gasteiger partial charge in [0.1, 0.15) is 13.2 Å². The van der Waals surface area contributed by atoms with E-state index in [2.05, 4.69) is 16.5 Å². The second kappa shape index (κ2) is 7.13. The number of benzene rings is 2. The van der Waals surface area contributed by atoms with Crippen LogP contribution in [0.25, 0.3) is 10.2 Å². The zero-order valence-corrected chi connectivity index (χ0v) is 15.8. The van der Waals surface area contributed by atoms with Crippen LogP contribution in [0, 0.1) is 0 Å². The van der Waals surface area contributed by atoms with Crippen molar-refractivity contribution in [2.45, 2.75) is 19.9 Å². The Morgan fingerprint density at radius 1 is 1.19 bits per heavy atom. The Labute approximate surface area is 159 Å². The fraction of sp³-hybridized carbons (Fsp3) is 0.263. The van der Waals surface area contributed by atoms with E-state index in [1.54, 1.807) is 18.2 Å². The quantitative estimate of drug-likeness (QED) is 0.673. The lowest BCUT2D eigenvalue weighted by atomic mass is 10.2. The molecule has 0 unspecified atom stereocenters. The van der Waals surface area contributed by atoms with E-state index in [1.165, 1.54) is 11.3 Å². The number of hydrogen-bond donors (Lipinski definition) is 0. The largest absolute Gasteiger partial charge is 0.486 e. The van der Waals surface area contributed by atoms with E-state index in [0.717, 1.165) is 23.2 Å². The smallest absolute Gasteiger partial charge is 0.279 e. The molecule has 0 bridgehead atoms. The van der Waals surface area contributed by atoms with Crippen LogP contribution < -0.4 is 14.3 Å². The Hall–Kier alpha value is -2.31. The van der Waals surface area contributed by atoms with Crippen molar-refractivity contribution < 1.29 is 14.3 Å². The first-order valence-electron chi connectivity index (χ1n) is 8.43. The number of carbonyl (C=O) groups excluding carboxylic acids is 1. The number of fused-ring (bicyclic) bond motifs is 2. The average Bonchev–Trinajstić information content (AvgIpc) is 2.98. The molecular formula is C19H17ClN2O3S. The maximum absolute atomic E-state index is 12.7. The predicted molar refractivity (Wildman–Crippen MR) is 102 cm³/mol. The van der Waals surface area contributed by atoms with Gasteiger partial charge < -0.3 is 14.0 Å². The molecule has 0 saturated carbocycles. The first kappa shape index (κ1) is 17.1. The van der Waals surface area contributed by atoms with E-state index in [9.17, 15) is 4.79 Å². The van der Waals surface area contributed by atoms with Gasteiger partial charge in [-0.15, -0.1) is 0 Å². The molecule has 0 saturated heterocycles. The summed E-state index contributed by atoms with van der Waals surface area (Å²) in [5.74, 6) is 0.941. The Bertz CT molecular complexity index is 1050. The highest BCUT2D eigenvalue weighted by Gasteiger charge is 2.15. The first-order chi connectivity index (χ1) is 12.7. The molecular weight excluding hydrogens is 372 g/mol. The first-order valence-corrected chi connectivity index (χ1v) is 9.63. The molecule has 5 nitrogen and oxygen atoms in total. The molecule has 7 heteroatoms. The highest BCUT2D eigenvalue weighted by Crippen LogP contribution is 2.31. The summed E-state index contributed by atoms with van der Waals surface area (Å²) in [6.45, 7) is 3.88. The predicted octanol–water partition coefficient (Wildman–Crippen LogP) is 4.28. The zero-order valence-electron chi connectivity index (χ0n) is 14.2. The van der Waals surface area contributed by atoms with Crippen molar-refractivity contribution in [1.29, 1.82) is 0 Å². The summed E-state index contributed by atoms with van der Waals surface area (Å²) in [5.41, 5.74) is 1.52. The number of carbonyl (C=O) groups is 1. The monoisotopic (exact) mass is 388 g/mol. The molecule has 1 amide bonds. The lowest BCUT2D eigenvalue weighted by molar-refractivity contribution is 0.0996. The summed E-state index contributed by atoms with van der Waals surface area (Å²) in [7, 11) is 0. The second-order valence-corrected chi connectivity index (χ2v) is 7.37. The SMILES string of the molecule is CCCn1c(=NC(=O)c2ccc3c(c2)OCCO3)sc2cc(Cl)ccc21. The minimum absolute atomic E-state index is 0.301. The summed E-state index contributed by atoms with van der Waals surface area (Å²) in [6.07, 6.45) is 0.944. The van der Waals surface area contributed by atoms with Crippen LogP contribution in [0.1, 0.15) is 23.7 Å². The van der Waals surface area contributed by atoms with Crippen molar-refractivity contribution in [2.24, 2.45) is 4.99 Å². The van der Waals surface area contributed by atoms with Crippen LogP contribution in [-0.4, -0.2) is 23.7 Å². The lowest BCUT2D eigenvalue weighted by Gasteiger charge is -2.18. The van der Waals surface area contributed by atoms with Crippen LogP contribution in [0.2, 0.25) is 5.02 Å². The molecule has 0 radical (unpaired) electrons. The van der Waals surface area contributed by atoms with E-state index in [0.29, 0.717) is 40.1 Å². The van der Waals surface area contributed by atoms with Crippen molar-refractivity contribution in [1.82, 2.24) is 4.57 Å². The van der Waals surface area contributed by atoms with Crippen LogP contribution in [0.5, 0.6) is 11.5 Å². The van der Waals surface area contributed by atoms with Gasteiger partial charge in [-0.2, -0.15) is 4.99 Å². The number of thiazole rings is 1. The maximum Gasteiger partial charge on any atom is 0.279 e. The fourth-order valence-electron chi connectivity index (χ4n) is 2.90. The summed E-state index contributed by atoms with van der Waals surface area (Å²) in [5, 5.41) is 0.673. The van der Waals surface area contributed by atoms with Gasteiger partial charge in [0.2, 0.25) is 0 Å². The van der Waals surface area contributed by atoms with Crippen LogP contribution in [0.15, 0.2) is 41.4 Å².